The second-order valence-corrected chi connectivity index (χ2v) is 4.39. The fraction of sp³-hybridized carbons (Fsp3) is 0.455. The largest absolute Gasteiger partial charge is 0.488 e. The van der Waals surface area contributed by atoms with E-state index in [-0.39, 0.29) is 6.10 Å². The molecule has 0 bridgehead atoms. The number of benzene rings is 1. The van der Waals surface area contributed by atoms with Crippen molar-refractivity contribution in [3.8, 4) is 5.75 Å². The van der Waals surface area contributed by atoms with Gasteiger partial charge in [0.2, 0.25) is 0 Å². The molecule has 0 fully saturated rings. The quantitative estimate of drug-likeness (QED) is 0.772. The molecule has 2 nitrogen and oxygen atoms in total. The van der Waals surface area contributed by atoms with E-state index < -0.39 is 0 Å². The van der Waals surface area contributed by atoms with Crippen LogP contribution in [0.3, 0.4) is 0 Å². The van der Waals surface area contributed by atoms with E-state index in [1.807, 2.05) is 25.1 Å². The topological polar surface area (TPSA) is 18.5 Å². The van der Waals surface area contributed by atoms with Gasteiger partial charge in [0.05, 0.1) is 6.61 Å². The van der Waals surface area contributed by atoms with E-state index in [1.54, 1.807) is 7.11 Å². The lowest BCUT2D eigenvalue weighted by Gasteiger charge is -2.14. The van der Waals surface area contributed by atoms with Gasteiger partial charge in [0.15, 0.2) is 0 Å². The predicted octanol–water partition coefficient (Wildman–Crippen LogP) is 3.60. The van der Waals surface area contributed by atoms with Crippen LogP contribution in [-0.2, 0) is 10.6 Å². The Labute approximate surface area is 104 Å². The van der Waals surface area contributed by atoms with Crippen molar-refractivity contribution >= 4 is 27.5 Å². The molecule has 0 N–H and O–H groups in total. The van der Waals surface area contributed by atoms with Crippen molar-refractivity contribution in [1.29, 1.82) is 0 Å². The third kappa shape index (κ3) is 4.01. The number of methoxy groups -OCH3 is 1. The number of halogens is 2. The van der Waals surface area contributed by atoms with Gasteiger partial charge in [-0.1, -0.05) is 15.9 Å². The molecule has 4 heteroatoms. The first-order chi connectivity index (χ1) is 7.17. The van der Waals surface area contributed by atoms with Gasteiger partial charge in [-0.3, -0.25) is 0 Å². The lowest BCUT2D eigenvalue weighted by atomic mass is 10.2. The van der Waals surface area contributed by atoms with E-state index in [1.165, 1.54) is 0 Å². The van der Waals surface area contributed by atoms with Crippen LogP contribution in [0.4, 0.5) is 0 Å². The number of alkyl halides is 1. The molecule has 1 aromatic carbocycles. The molecule has 15 heavy (non-hydrogen) atoms. The number of rotatable bonds is 5. The molecule has 0 aliphatic heterocycles. The van der Waals surface area contributed by atoms with Crippen molar-refractivity contribution in [1.82, 2.24) is 0 Å². The molecule has 1 rings (SSSR count). The summed E-state index contributed by atoms with van der Waals surface area (Å²) in [6, 6.07) is 5.78. The Morgan fingerprint density at radius 1 is 1.47 bits per heavy atom. The Bertz CT molecular complexity index is 317. The van der Waals surface area contributed by atoms with Gasteiger partial charge in [0.25, 0.3) is 0 Å². The first kappa shape index (κ1) is 12.8. The standard InChI is InChI=1S/C11H14BrClO2/c1-8(7-14-2)15-10-3-4-11(12)9(5-10)6-13/h3-5,8H,6-7H2,1-2H3. The van der Waals surface area contributed by atoms with Crippen LogP contribution < -0.4 is 4.74 Å². The highest BCUT2D eigenvalue weighted by molar-refractivity contribution is 9.10. The van der Waals surface area contributed by atoms with Crippen molar-refractivity contribution in [2.75, 3.05) is 13.7 Å². The first-order valence-corrected chi connectivity index (χ1v) is 6.00. The normalized spacial score (nSPS) is 12.5. The van der Waals surface area contributed by atoms with Crippen LogP contribution in [0.15, 0.2) is 22.7 Å². The summed E-state index contributed by atoms with van der Waals surface area (Å²) in [6.45, 7) is 2.54. The van der Waals surface area contributed by atoms with E-state index >= 15 is 0 Å². The average Bonchev–Trinajstić information content (AvgIpc) is 2.21. The molecule has 0 saturated heterocycles. The van der Waals surface area contributed by atoms with Crippen LogP contribution >= 0.6 is 27.5 Å². The maximum Gasteiger partial charge on any atom is 0.120 e. The van der Waals surface area contributed by atoms with Crippen molar-refractivity contribution < 1.29 is 9.47 Å². The minimum Gasteiger partial charge on any atom is -0.488 e. The summed E-state index contributed by atoms with van der Waals surface area (Å²) >= 11 is 9.21. The first-order valence-electron chi connectivity index (χ1n) is 4.67. The summed E-state index contributed by atoms with van der Waals surface area (Å²) in [5.41, 5.74) is 1.03. The van der Waals surface area contributed by atoms with Gasteiger partial charge in [-0.05, 0) is 30.7 Å². The molecule has 1 unspecified atom stereocenters. The second-order valence-electron chi connectivity index (χ2n) is 3.27. The zero-order valence-corrected chi connectivity index (χ0v) is 11.1. The fourth-order valence-corrected chi connectivity index (χ4v) is 2.00. The van der Waals surface area contributed by atoms with Gasteiger partial charge in [-0.15, -0.1) is 11.6 Å². The number of hydrogen-bond acceptors (Lipinski definition) is 2. The van der Waals surface area contributed by atoms with E-state index in [9.17, 15) is 0 Å². The maximum atomic E-state index is 5.79. The third-order valence-corrected chi connectivity index (χ3v) is 2.96. The number of ether oxygens (including phenoxy) is 2. The molecule has 0 amide bonds. The molecule has 0 spiro atoms. The monoisotopic (exact) mass is 292 g/mol. The smallest absolute Gasteiger partial charge is 0.120 e. The highest BCUT2D eigenvalue weighted by Gasteiger charge is 2.05. The van der Waals surface area contributed by atoms with Crippen LogP contribution in [0.1, 0.15) is 12.5 Å². The maximum absolute atomic E-state index is 5.79. The summed E-state index contributed by atoms with van der Waals surface area (Å²) in [6.07, 6.45) is 0.0411. The molecule has 0 aliphatic carbocycles. The van der Waals surface area contributed by atoms with Crippen LogP contribution in [0.5, 0.6) is 5.75 Å². The Morgan fingerprint density at radius 3 is 2.80 bits per heavy atom. The Hall–Kier alpha value is -0.250. The zero-order valence-electron chi connectivity index (χ0n) is 8.80. The highest BCUT2D eigenvalue weighted by Crippen LogP contribution is 2.24. The van der Waals surface area contributed by atoms with Gasteiger partial charge in [0, 0.05) is 17.5 Å². The molecule has 0 heterocycles. The Balaban J connectivity index is 2.69. The molecule has 0 aliphatic rings. The van der Waals surface area contributed by atoms with E-state index in [2.05, 4.69) is 15.9 Å². The second kappa shape index (κ2) is 6.36. The number of hydrogen-bond donors (Lipinski definition) is 0. The fourth-order valence-electron chi connectivity index (χ4n) is 1.23. The van der Waals surface area contributed by atoms with Gasteiger partial charge in [-0.25, -0.2) is 0 Å². The van der Waals surface area contributed by atoms with Gasteiger partial charge >= 0.3 is 0 Å². The lowest BCUT2D eigenvalue weighted by molar-refractivity contribution is 0.0920. The van der Waals surface area contributed by atoms with Gasteiger partial charge < -0.3 is 9.47 Å². The molecular formula is C11H14BrClO2. The summed E-state index contributed by atoms with van der Waals surface area (Å²) in [5.74, 6) is 1.29. The van der Waals surface area contributed by atoms with Gasteiger partial charge in [-0.2, -0.15) is 0 Å². The predicted molar refractivity (Wildman–Crippen MR) is 65.7 cm³/mol. The lowest BCUT2D eigenvalue weighted by Crippen LogP contribution is -2.17. The molecule has 0 saturated carbocycles. The highest BCUT2D eigenvalue weighted by atomic mass is 79.9. The minimum absolute atomic E-state index is 0.0411. The van der Waals surface area contributed by atoms with Gasteiger partial charge in [0.1, 0.15) is 11.9 Å². The Kier molecular flexibility index (Phi) is 5.43. The van der Waals surface area contributed by atoms with Crippen LogP contribution in [0, 0.1) is 0 Å². The van der Waals surface area contributed by atoms with Crippen molar-refractivity contribution in [2.45, 2.75) is 18.9 Å². The summed E-state index contributed by atoms with van der Waals surface area (Å²) in [5, 5.41) is 0. The molecule has 84 valence electrons. The third-order valence-electron chi connectivity index (χ3n) is 1.90. The average molecular weight is 294 g/mol. The van der Waals surface area contributed by atoms with Crippen molar-refractivity contribution in [2.24, 2.45) is 0 Å². The summed E-state index contributed by atoms with van der Waals surface area (Å²) in [7, 11) is 1.66. The molecular weight excluding hydrogens is 279 g/mol. The van der Waals surface area contributed by atoms with Crippen LogP contribution in [-0.4, -0.2) is 19.8 Å². The van der Waals surface area contributed by atoms with Crippen molar-refractivity contribution in [3.05, 3.63) is 28.2 Å². The SMILES string of the molecule is COCC(C)Oc1ccc(Br)c(CCl)c1. The molecule has 1 atom stereocenters. The molecule has 0 radical (unpaired) electrons. The summed E-state index contributed by atoms with van der Waals surface area (Å²) < 4.78 is 11.6. The zero-order chi connectivity index (χ0) is 11.3. The molecule has 1 aromatic rings. The van der Waals surface area contributed by atoms with Crippen molar-refractivity contribution in [3.63, 3.8) is 0 Å². The van der Waals surface area contributed by atoms with Crippen LogP contribution in [0.2, 0.25) is 0 Å². The van der Waals surface area contributed by atoms with E-state index in [0.29, 0.717) is 12.5 Å². The minimum atomic E-state index is 0.0411. The Morgan fingerprint density at radius 2 is 2.20 bits per heavy atom. The van der Waals surface area contributed by atoms with E-state index in [4.69, 9.17) is 21.1 Å². The molecule has 0 aromatic heterocycles. The van der Waals surface area contributed by atoms with E-state index in [0.717, 1.165) is 15.8 Å². The summed E-state index contributed by atoms with van der Waals surface area (Å²) in [4.78, 5) is 0. The van der Waals surface area contributed by atoms with Crippen LogP contribution in [0.25, 0.3) is 0 Å².